The molecule has 0 bridgehead atoms. The number of carbonyl (C=O) groups is 1. The van der Waals surface area contributed by atoms with Crippen LogP contribution < -0.4 is 4.90 Å². The van der Waals surface area contributed by atoms with E-state index in [1.807, 2.05) is 18.9 Å². The first-order valence-corrected chi connectivity index (χ1v) is 9.79. The standard InChI is InChI=1S/C18H22N2O4S/c1-5-24-18(21)15-8-11-17(19-12-15)20(3)13(2)14-6-9-16(10-7-14)25(4,22)23/h6-13H,5H2,1-4H3. The number of hydrogen-bond acceptors (Lipinski definition) is 6. The minimum absolute atomic E-state index is 0.0189. The molecule has 0 aliphatic carbocycles. The number of ether oxygens (including phenoxy) is 1. The first-order chi connectivity index (χ1) is 11.7. The van der Waals surface area contributed by atoms with E-state index < -0.39 is 15.8 Å². The Kier molecular flexibility index (Phi) is 5.79. The molecular formula is C18H22N2O4S. The van der Waals surface area contributed by atoms with Gasteiger partial charge in [-0.25, -0.2) is 18.2 Å². The highest BCUT2D eigenvalue weighted by molar-refractivity contribution is 7.90. The minimum atomic E-state index is -3.21. The third-order valence-corrected chi connectivity index (χ3v) is 5.12. The lowest BCUT2D eigenvalue weighted by molar-refractivity contribution is 0.0526. The number of sulfone groups is 1. The highest BCUT2D eigenvalue weighted by Gasteiger charge is 2.16. The van der Waals surface area contributed by atoms with E-state index in [0.717, 1.165) is 5.56 Å². The number of rotatable bonds is 6. The van der Waals surface area contributed by atoms with Gasteiger partial charge in [0.15, 0.2) is 9.84 Å². The summed E-state index contributed by atoms with van der Waals surface area (Å²) in [5.41, 5.74) is 1.37. The van der Waals surface area contributed by atoms with Crippen LogP contribution in [0.2, 0.25) is 0 Å². The number of carbonyl (C=O) groups excluding carboxylic acids is 1. The summed E-state index contributed by atoms with van der Waals surface area (Å²) < 4.78 is 28.0. The summed E-state index contributed by atoms with van der Waals surface area (Å²) in [5.74, 6) is 0.307. The topological polar surface area (TPSA) is 76.6 Å². The van der Waals surface area contributed by atoms with Crippen molar-refractivity contribution in [3.05, 3.63) is 53.7 Å². The predicted octanol–water partition coefficient (Wildman–Crippen LogP) is 2.86. The van der Waals surface area contributed by atoms with Crippen molar-refractivity contribution in [1.29, 1.82) is 0 Å². The van der Waals surface area contributed by atoms with Gasteiger partial charge in [-0.05, 0) is 43.7 Å². The fraction of sp³-hybridized carbons (Fsp3) is 0.333. The quantitative estimate of drug-likeness (QED) is 0.736. The zero-order chi connectivity index (χ0) is 18.6. The summed E-state index contributed by atoms with van der Waals surface area (Å²) in [6.45, 7) is 4.07. The number of aromatic nitrogens is 1. The number of hydrogen-bond donors (Lipinski definition) is 0. The maximum atomic E-state index is 11.7. The first kappa shape index (κ1) is 18.9. The number of nitrogens with zero attached hydrogens (tertiary/aromatic N) is 2. The molecule has 1 atom stereocenters. The van der Waals surface area contributed by atoms with E-state index in [1.165, 1.54) is 12.5 Å². The van der Waals surface area contributed by atoms with Gasteiger partial charge in [0.1, 0.15) is 5.82 Å². The van der Waals surface area contributed by atoms with E-state index in [1.54, 1.807) is 43.3 Å². The van der Waals surface area contributed by atoms with Crippen molar-refractivity contribution in [3.63, 3.8) is 0 Å². The van der Waals surface area contributed by atoms with Crippen molar-refractivity contribution in [2.75, 3.05) is 24.8 Å². The highest BCUT2D eigenvalue weighted by atomic mass is 32.2. The van der Waals surface area contributed by atoms with Gasteiger partial charge in [0.2, 0.25) is 0 Å². The van der Waals surface area contributed by atoms with Crippen molar-refractivity contribution >= 4 is 21.6 Å². The van der Waals surface area contributed by atoms with E-state index in [-0.39, 0.29) is 6.04 Å². The predicted molar refractivity (Wildman–Crippen MR) is 96.6 cm³/mol. The molecule has 25 heavy (non-hydrogen) atoms. The van der Waals surface area contributed by atoms with Crippen molar-refractivity contribution in [2.24, 2.45) is 0 Å². The van der Waals surface area contributed by atoms with E-state index in [4.69, 9.17) is 4.74 Å². The Bertz CT molecular complexity index is 830. The van der Waals surface area contributed by atoms with Gasteiger partial charge < -0.3 is 9.64 Å². The van der Waals surface area contributed by atoms with Crippen LogP contribution in [0.4, 0.5) is 5.82 Å². The fourth-order valence-electron chi connectivity index (χ4n) is 2.35. The maximum absolute atomic E-state index is 11.7. The summed E-state index contributed by atoms with van der Waals surface area (Å²) in [6, 6.07) is 10.2. The molecular weight excluding hydrogens is 340 g/mol. The van der Waals surface area contributed by atoms with E-state index in [9.17, 15) is 13.2 Å². The molecule has 0 N–H and O–H groups in total. The summed E-state index contributed by atoms with van der Waals surface area (Å²) in [5, 5.41) is 0. The zero-order valence-corrected chi connectivity index (χ0v) is 15.6. The van der Waals surface area contributed by atoms with Gasteiger partial charge in [-0.1, -0.05) is 12.1 Å². The van der Waals surface area contributed by atoms with Gasteiger partial charge in [-0.2, -0.15) is 0 Å². The molecule has 0 spiro atoms. The molecule has 0 saturated heterocycles. The molecule has 1 aromatic heterocycles. The second-order valence-corrected chi connectivity index (χ2v) is 7.77. The van der Waals surface area contributed by atoms with Gasteiger partial charge >= 0.3 is 5.97 Å². The van der Waals surface area contributed by atoms with Crippen molar-refractivity contribution in [2.45, 2.75) is 24.8 Å². The molecule has 2 aromatic rings. The normalized spacial score (nSPS) is 12.5. The smallest absolute Gasteiger partial charge is 0.339 e. The SMILES string of the molecule is CCOC(=O)c1ccc(N(C)C(C)c2ccc(S(C)(=O)=O)cc2)nc1. The molecule has 0 aliphatic rings. The Morgan fingerprint density at radius 1 is 1.20 bits per heavy atom. The van der Waals surface area contributed by atoms with Crippen molar-refractivity contribution in [3.8, 4) is 0 Å². The lowest BCUT2D eigenvalue weighted by atomic mass is 10.1. The summed E-state index contributed by atoms with van der Waals surface area (Å²) in [7, 11) is -1.31. The molecule has 1 aromatic carbocycles. The average molecular weight is 362 g/mol. The third-order valence-electron chi connectivity index (χ3n) is 3.99. The molecule has 1 unspecified atom stereocenters. The van der Waals surface area contributed by atoms with Crippen LogP contribution in [0.15, 0.2) is 47.5 Å². The van der Waals surface area contributed by atoms with Crippen LogP contribution >= 0.6 is 0 Å². The molecule has 2 rings (SSSR count). The van der Waals surface area contributed by atoms with Crippen molar-refractivity contribution in [1.82, 2.24) is 4.98 Å². The van der Waals surface area contributed by atoms with Gasteiger partial charge in [0.25, 0.3) is 0 Å². The zero-order valence-electron chi connectivity index (χ0n) is 14.8. The van der Waals surface area contributed by atoms with Gasteiger partial charge in [-0.3, -0.25) is 0 Å². The molecule has 134 valence electrons. The molecule has 0 aliphatic heterocycles. The van der Waals surface area contributed by atoms with Gasteiger partial charge in [0.05, 0.1) is 23.1 Å². The first-order valence-electron chi connectivity index (χ1n) is 7.90. The van der Waals surface area contributed by atoms with E-state index in [2.05, 4.69) is 4.98 Å². The lowest BCUT2D eigenvalue weighted by Crippen LogP contribution is -2.22. The summed E-state index contributed by atoms with van der Waals surface area (Å²) in [6.07, 6.45) is 2.68. The van der Waals surface area contributed by atoms with E-state index >= 15 is 0 Å². The summed E-state index contributed by atoms with van der Waals surface area (Å²) >= 11 is 0. The van der Waals surface area contributed by atoms with E-state index in [0.29, 0.717) is 22.9 Å². The van der Waals surface area contributed by atoms with Crippen LogP contribution in [0, 0.1) is 0 Å². The molecule has 0 amide bonds. The van der Waals surface area contributed by atoms with Crippen LogP contribution in [-0.2, 0) is 14.6 Å². The lowest BCUT2D eigenvalue weighted by Gasteiger charge is -2.26. The second kappa shape index (κ2) is 7.65. The molecule has 0 saturated carbocycles. The van der Waals surface area contributed by atoms with Crippen LogP contribution in [0.3, 0.4) is 0 Å². The number of anilines is 1. The Labute approximate surface area is 148 Å². The Morgan fingerprint density at radius 3 is 2.32 bits per heavy atom. The minimum Gasteiger partial charge on any atom is -0.462 e. The Hall–Kier alpha value is -2.41. The molecule has 1 heterocycles. The average Bonchev–Trinajstić information content (AvgIpc) is 2.60. The number of esters is 1. The highest BCUT2D eigenvalue weighted by Crippen LogP contribution is 2.25. The van der Waals surface area contributed by atoms with Crippen LogP contribution in [0.1, 0.15) is 35.8 Å². The molecule has 6 nitrogen and oxygen atoms in total. The fourth-order valence-corrected chi connectivity index (χ4v) is 2.98. The third kappa shape index (κ3) is 4.57. The molecule has 7 heteroatoms. The van der Waals surface area contributed by atoms with Gasteiger partial charge in [-0.15, -0.1) is 0 Å². The van der Waals surface area contributed by atoms with Crippen LogP contribution in [0.25, 0.3) is 0 Å². The number of pyridine rings is 1. The Morgan fingerprint density at radius 2 is 1.84 bits per heavy atom. The second-order valence-electron chi connectivity index (χ2n) is 5.75. The summed E-state index contributed by atoms with van der Waals surface area (Å²) in [4.78, 5) is 18.2. The molecule has 0 fully saturated rings. The number of benzene rings is 1. The largest absolute Gasteiger partial charge is 0.462 e. The monoisotopic (exact) mass is 362 g/mol. The van der Waals surface area contributed by atoms with Crippen molar-refractivity contribution < 1.29 is 17.9 Å². The van der Waals surface area contributed by atoms with Crippen LogP contribution in [0.5, 0.6) is 0 Å². The maximum Gasteiger partial charge on any atom is 0.339 e. The van der Waals surface area contributed by atoms with Crippen LogP contribution in [-0.4, -0.2) is 39.3 Å². The molecule has 0 radical (unpaired) electrons. The van der Waals surface area contributed by atoms with Gasteiger partial charge in [0, 0.05) is 19.5 Å². The Balaban J connectivity index is 2.16.